The van der Waals surface area contributed by atoms with Crippen molar-refractivity contribution in [2.24, 2.45) is 4.99 Å². The van der Waals surface area contributed by atoms with Gasteiger partial charge in [-0.1, -0.05) is 24.3 Å². The average Bonchev–Trinajstić information content (AvgIpc) is 2.62. The number of hydrogen-bond donors (Lipinski definition) is 2. The number of aromatic nitrogens is 1. The number of nitrogens with zero attached hydrogens (tertiary/aromatic N) is 3. The van der Waals surface area contributed by atoms with Gasteiger partial charge in [-0.25, -0.2) is 0 Å². The molecule has 0 radical (unpaired) electrons. The van der Waals surface area contributed by atoms with E-state index in [1.807, 2.05) is 24.3 Å². The van der Waals surface area contributed by atoms with Crippen LogP contribution in [0.4, 0.5) is 5.69 Å². The molecule has 2 N–H and O–H groups in total. The molecule has 5 nitrogen and oxygen atoms in total. The van der Waals surface area contributed by atoms with E-state index < -0.39 is 0 Å². The van der Waals surface area contributed by atoms with Crippen molar-refractivity contribution in [1.82, 2.24) is 15.6 Å². The molecular formula is C18H26IN5. The summed E-state index contributed by atoms with van der Waals surface area (Å²) in [5, 5.41) is 6.64. The van der Waals surface area contributed by atoms with Gasteiger partial charge in [-0.3, -0.25) is 9.98 Å². The molecule has 0 saturated heterocycles. The van der Waals surface area contributed by atoms with Gasteiger partial charge in [0.2, 0.25) is 0 Å². The summed E-state index contributed by atoms with van der Waals surface area (Å²) >= 11 is 0. The van der Waals surface area contributed by atoms with Crippen LogP contribution in [0.3, 0.4) is 0 Å². The van der Waals surface area contributed by atoms with Gasteiger partial charge in [-0.15, -0.1) is 24.0 Å². The SMILES string of the molecule is CN=C(NCc1ccccn1)NCC(C)N(C)c1ccccc1.I. The molecule has 1 heterocycles. The number of benzene rings is 1. The fourth-order valence-electron chi connectivity index (χ4n) is 2.20. The Morgan fingerprint density at radius 2 is 1.83 bits per heavy atom. The van der Waals surface area contributed by atoms with Crippen LogP contribution in [-0.4, -0.2) is 37.6 Å². The summed E-state index contributed by atoms with van der Waals surface area (Å²) in [4.78, 5) is 10.8. The number of aliphatic imine (C=N–C) groups is 1. The lowest BCUT2D eigenvalue weighted by molar-refractivity contribution is 0.647. The highest BCUT2D eigenvalue weighted by Gasteiger charge is 2.10. The Morgan fingerprint density at radius 3 is 2.46 bits per heavy atom. The number of para-hydroxylation sites is 1. The molecule has 0 aliphatic rings. The third kappa shape index (κ3) is 6.35. The molecular weight excluding hydrogens is 413 g/mol. The molecule has 0 spiro atoms. The minimum absolute atomic E-state index is 0. The predicted molar refractivity (Wildman–Crippen MR) is 112 cm³/mol. The zero-order chi connectivity index (χ0) is 16.5. The van der Waals surface area contributed by atoms with Crippen LogP contribution in [0.5, 0.6) is 0 Å². The number of nitrogens with one attached hydrogen (secondary N) is 2. The molecule has 1 atom stereocenters. The van der Waals surface area contributed by atoms with Crippen LogP contribution in [0, 0.1) is 0 Å². The second-order valence-corrected chi connectivity index (χ2v) is 5.42. The lowest BCUT2D eigenvalue weighted by Gasteiger charge is -2.27. The second kappa shape index (κ2) is 10.9. The van der Waals surface area contributed by atoms with Crippen LogP contribution < -0.4 is 15.5 Å². The molecule has 0 bridgehead atoms. The van der Waals surface area contributed by atoms with Gasteiger partial charge in [-0.2, -0.15) is 0 Å². The Hall–Kier alpha value is -1.83. The molecule has 0 aliphatic carbocycles. The Bertz CT molecular complexity index is 603. The molecule has 0 fully saturated rings. The van der Waals surface area contributed by atoms with Crippen molar-refractivity contribution in [3.05, 3.63) is 60.4 Å². The fourth-order valence-corrected chi connectivity index (χ4v) is 2.20. The predicted octanol–water partition coefficient (Wildman–Crippen LogP) is 2.89. The first-order valence-corrected chi connectivity index (χ1v) is 7.83. The normalized spacial score (nSPS) is 12.0. The van der Waals surface area contributed by atoms with Crippen LogP contribution in [0.25, 0.3) is 0 Å². The van der Waals surface area contributed by atoms with Crippen molar-refractivity contribution < 1.29 is 0 Å². The molecule has 0 aliphatic heterocycles. The summed E-state index contributed by atoms with van der Waals surface area (Å²) in [5.41, 5.74) is 2.20. The molecule has 130 valence electrons. The molecule has 1 aromatic heterocycles. The van der Waals surface area contributed by atoms with Crippen molar-refractivity contribution in [2.45, 2.75) is 19.5 Å². The number of hydrogen-bond acceptors (Lipinski definition) is 3. The first-order chi connectivity index (χ1) is 11.2. The highest BCUT2D eigenvalue weighted by atomic mass is 127. The number of pyridine rings is 1. The summed E-state index contributed by atoms with van der Waals surface area (Å²) in [5.74, 6) is 0.781. The Morgan fingerprint density at radius 1 is 1.12 bits per heavy atom. The summed E-state index contributed by atoms with van der Waals surface area (Å²) in [6.07, 6.45) is 1.80. The molecule has 1 aromatic carbocycles. The maximum Gasteiger partial charge on any atom is 0.191 e. The molecule has 1 unspecified atom stereocenters. The van der Waals surface area contributed by atoms with E-state index in [1.165, 1.54) is 5.69 Å². The average molecular weight is 439 g/mol. The summed E-state index contributed by atoms with van der Waals surface area (Å²) in [6, 6.07) is 16.6. The summed E-state index contributed by atoms with van der Waals surface area (Å²) in [6.45, 7) is 3.64. The molecule has 2 aromatic rings. The van der Waals surface area contributed by atoms with Gasteiger partial charge in [0, 0.05) is 38.6 Å². The lowest BCUT2D eigenvalue weighted by atomic mass is 10.2. The third-order valence-corrected chi connectivity index (χ3v) is 3.78. The van der Waals surface area contributed by atoms with Crippen molar-refractivity contribution in [1.29, 1.82) is 0 Å². The standard InChI is InChI=1S/C18H25N5.HI/c1-15(23(3)17-10-5-4-6-11-17)13-21-18(19-2)22-14-16-9-7-8-12-20-16;/h4-12,15H,13-14H2,1-3H3,(H2,19,21,22);1H. The monoisotopic (exact) mass is 439 g/mol. The minimum Gasteiger partial charge on any atom is -0.370 e. The van der Waals surface area contributed by atoms with E-state index in [0.717, 1.165) is 18.2 Å². The molecule has 24 heavy (non-hydrogen) atoms. The van der Waals surface area contributed by atoms with Gasteiger partial charge in [0.15, 0.2) is 5.96 Å². The van der Waals surface area contributed by atoms with Crippen molar-refractivity contribution in [3.63, 3.8) is 0 Å². The van der Waals surface area contributed by atoms with Gasteiger partial charge < -0.3 is 15.5 Å². The fraction of sp³-hybridized carbons (Fsp3) is 0.333. The first kappa shape index (κ1) is 20.2. The van der Waals surface area contributed by atoms with Crippen LogP contribution in [0.1, 0.15) is 12.6 Å². The molecule has 6 heteroatoms. The maximum atomic E-state index is 4.29. The van der Waals surface area contributed by atoms with Gasteiger partial charge in [-0.05, 0) is 31.2 Å². The van der Waals surface area contributed by atoms with E-state index in [9.17, 15) is 0 Å². The van der Waals surface area contributed by atoms with Crippen molar-refractivity contribution in [3.8, 4) is 0 Å². The highest BCUT2D eigenvalue weighted by molar-refractivity contribution is 14.0. The summed E-state index contributed by atoms with van der Waals surface area (Å²) in [7, 11) is 3.88. The zero-order valence-corrected chi connectivity index (χ0v) is 16.8. The van der Waals surface area contributed by atoms with Crippen molar-refractivity contribution >= 4 is 35.6 Å². The third-order valence-electron chi connectivity index (χ3n) is 3.78. The number of guanidine groups is 1. The van der Waals surface area contributed by atoms with Gasteiger partial charge in [0.25, 0.3) is 0 Å². The largest absolute Gasteiger partial charge is 0.370 e. The quantitative estimate of drug-likeness (QED) is 0.413. The minimum atomic E-state index is 0. The van der Waals surface area contributed by atoms with E-state index in [-0.39, 0.29) is 24.0 Å². The van der Waals surface area contributed by atoms with E-state index in [4.69, 9.17) is 0 Å². The lowest BCUT2D eigenvalue weighted by Crippen LogP contribution is -2.44. The number of likely N-dealkylation sites (N-methyl/N-ethyl adjacent to an activating group) is 1. The van der Waals surface area contributed by atoms with Crippen LogP contribution in [0.15, 0.2) is 59.7 Å². The van der Waals surface area contributed by atoms with E-state index in [0.29, 0.717) is 12.6 Å². The van der Waals surface area contributed by atoms with Crippen LogP contribution in [-0.2, 0) is 6.54 Å². The van der Waals surface area contributed by atoms with Gasteiger partial charge in [0.05, 0.1) is 12.2 Å². The van der Waals surface area contributed by atoms with Crippen molar-refractivity contribution in [2.75, 3.05) is 25.5 Å². The molecule has 2 rings (SSSR count). The zero-order valence-electron chi connectivity index (χ0n) is 14.4. The Balaban J connectivity index is 0.00000288. The molecule has 0 saturated carbocycles. The van der Waals surface area contributed by atoms with Crippen LogP contribution >= 0.6 is 24.0 Å². The maximum absolute atomic E-state index is 4.29. The van der Waals surface area contributed by atoms with E-state index in [2.05, 4.69) is 63.7 Å². The Labute approximate surface area is 161 Å². The van der Waals surface area contributed by atoms with Gasteiger partial charge >= 0.3 is 0 Å². The second-order valence-electron chi connectivity index (χ2n) is 5.42. The van der Waals surface area contributed by atoms with Crippen LogP contribution in [0.2, 0.25) is 0 Å². The highest BCUT2D eigenvalue weighted by Crippen LogP contribution is 2.13. The Kier molecular flexibility index (Phi) is 9.14. The number of anilines is 1. The first-order valence-electron chi connectivity index (χ1n) is 7.83. The van der Waals surface area contributed by atoms with E-state index >= 15 is 0 Å². The number of rotatable bonds is 6. The molecule has 0 amide bonds. The summed E-state index contributed by atoms with van der Waals surface area (Å²) < 4.78 is 0. The topological polar surface area (TPSA) is 52.6 Å². The van der Waals surface area contributed by atoms with Gasteiger partial charge in [0.1, 0.15) is 0 Å². The number of halogens is 1. The smallest absolute Gasteiger partial charge is 0.191 e. The van der Waals surface area contributed by atoms with E-state index in [1.54, 1.807) is 13.2 Å².